The second-order valence-corrected chi connectivity index (χ2v) is 5.82. The van der Waals surface area contributed by atoms with Crippen LogP contribution < -0.4 is 4.74 Å². The van der Waals surface area contributed by atoms with Gasteiger partial charge in [-0.2, -0.15) is 5.10 Å². The number of likely N-dealkylation sites (tertiary alicyclic amines) is 1. The van der Waals surface area contributed by atoms with E-state index in [2.05, 4.69) is 27.9 Å². The third-order valence-corrected chi connectivity index (χ3v) is 4.25. The molecule has 2 aliphatic rings. The predicted molar refractivity (Wildman–Crippen MR) is 70.8 cm³/mol. The van der Waals surface area contributed by atoms with Crippen molar-refractivity contribution in [3.8, 4) is 5.75 Å². The van der Waals surface area contributed by atoms with E-state index in [0.29, 0.717) is 12.0 Å². The van der Waals surface area contributed by atoms with Crippen LogP contribution in [-0.2, 0) is 0 Å². The summed E-state index contributed by atoms with van der Waals surface area (Å²) >= 11 is 0. The van der Waals surface area contributed by atoms with Crippen LogP contribution in [0, 0.1) is 5.92 Å². The molecule has 2 heterocycles. The summed E-state index contributed by atoms with van der Waals surface area (Å²) in [6.07, 6.45) is 10.4. The molecule has 100 valence electrons. The number of aromatic nitrogens is 2. The number of nitrogens with zero attached hydrogens (tertiary/aromatic N) is 3. The largest absolute Gasteiger partial charge is 0.490 e. The van der Waals surface area contributed by atoms with Gasteiger partial charge in [0.25, 0.3) is 0 Å². The molecule has 1 aliphatic heterocycles. The van der Waals surface area contributed by atoms with Gasteiger partial charge in [-0.3, -0.25) is 4.68 Å². The first kappa shape index (κ1) is 12.0. The lowest BCUT2D eigenvalue weighted by atomic mass is 10.1. The highest BCUT2D eigenvalue weighted by Crippen LogP contribution is 2.29. The molecular formula is C14H23N3O. The van der Waals surface area contributed by atoms with Gasteiger partial charge in [-0.05, 0) is 32.9 Å². The fourth-order valence-electron chi connectivity index (χ4n) is 3.14. The Balaban J connectivity index is 1.50. The summed E-state index contributed by atoms with van der Waals surface area (Å²) < 4.78 is 7.97. The van der Waals surface area contributed by atoms with E-state index in [4.69, 9.17) is 4.74 Å². The first-order valence-corrected chi connectivity index (χ1v) is 7.17. The summed E-state index contributed by atoms with van der Waals surface area (Å²) in [6.45, 7) is 3.20. The average Bonchev–Trinajstić information content (AvgIpc) is 3.07. The lowest BCUT2D eigenvalue weighted by Crippen LogP contribution is -2.17. The maximum absolute atomic E-state index is 5.87. The van der Waals surface area contributed by atoms with Crippen LogP contribution in [0.3, 0.4) is 0 Å². The molecule has 0 N–H and O–H groups in total. The highest BCUT2D eigenvalue weighted by Gasteiger charge is 2.21. The van der Waals surface area contributed by atoms with E-state index in [0.717, 1.165) is 18.9 Å². The first-order valence-electron chi connectivity index (χ1n) is 7.17. The van der Waals surface area contributed by atoms with Crippen molar-refractivity contribution in [2.75, 3.05) is 26.7 Å². The van der Waals surface area contributed by atoms with Gasteiger partial charge in [-0.25, -0.2) is 0 Å². The number of rotatable bonds is 4. The molecule has 0 spiro atoms. The number of hydrogen-bond donors (Lipinski definition) is 0. The van der Waals surface area contributed by atoms with Gasteiger partial charge in [0.15, 0.2) is 5.75 Å². The molecule has 1 aliphatic carbocycles. The van der Waals surface area contributed by atoms with Crippen molar-refractivity contribution in [1.29, 1.82) is 0 Å². The zero-order valence-corrected chi connectivity index (χ0v) is 11.2. The third kappa shape index (κ3) is 2.69. The second kappa shape index (κ2) is 5.31. The van der Waals surface area contributed by atoms with Crippen LogP contribution in [0.2, 0.25) is 0 Å². The molecule has 18 heavy (non-hydrogen) atoms. The fourth-order valence-corrected chi connectivity index (χ4v) is 3.14. The molecule has 0 amide bonds. The Hall–Kier alpha value is -1.03. The Morgan fingerprint density at radius 1 is 1.33 bits per heavy atom. The molecular weight excluding hydrogens is 226 g/mol. The summed E-state index contributed by atoms with van der Waals surface area (Å²) in [4.78, 5) is 2.37. The SMILES string of the molecule is CN1CCC(COc2cnn(C3CCCC3)c2)C1. The monoisotopic (exact) mass is 249 g/mol. The minimum Gasteiger partial charge on any atom is -0.490 e. The van der Waals surface area contributed by atoms with Gasteiger partial charge in [0.2, 0.25) is 0 Å². The molecule has 4 heteroatoms. The van der Waals surface area contributed by atoms with E-state index in [1.807, 2.05) is 6.20 Å². The highest BCUT2D eigenvalue weighted by molar-refractivity contribution is 5.12. The maximum atomic E-state index is 5.87. The highest BCUT2D eigenvalue weighted by atomic mass is 16.5. The fraction of sp³-hybridized carbons (Fsp3) is 0.786. The lowest BCUT2D eigenvalue weighted by Gasteiger charge is -2.11. The van der Waals surface area contributed by atoms with Crippen molar-refractivity contribution in [1.82, 2.24) is 14.7 Å². The summed E-state index contributed by atoms with van der Waals surface area (Å²) in [5.41, 5.74) is 0. The Morgan fingerprint density at radius 2 is 2.17 bits per heavy atom. The Bertz CT molecular complexity index is 384. The zero-order chi connectivity index (χ0) is 12.4. The predicted octanol–water partition coefficient (Wildman–Crippen LogP) is 2.33. The molecule has 1 saturated carbocycles. The van der Waals surface area contributed by atoms with Crippen LogP contribution in [0.15, 0.2) is 12.4 Å². The molecule has 3 rings (SSSR count). The van der Waals surface area contributed by atoms with Crippen LogP contribution in [0.25, 0.3) is 0 Å². The van der Waals surface area contributed by atoms with E-state index < -0.39 is 0 Å². The standard InChI is InChI=1S/C14H23N3O/c1-16-7-6-12(9-16)11-18-14-8-15-17(10-14)13-4-2-3-5-13/h8,10,12-13H,2-7,9,11H2,1H3. The lowest BCUT2D eigenvalue weighted by molar-refractivity contribution is 0.248. The molecule has 2 fully saturated rings. The molecule has 0 bridgehead atoms. The van der Waals surface area contributed by atoms with Crippen LogP contribution in [0.5, 0.6) is 5.75 Å². The van der Waals surface area contributed by atoms with Gasteiger partial charge in [0.1, 0.15) is 0 Å². The van der Waals surface area contributed by atoms with Gasteiger partial charge in [-0.15, -0.1) is 0 Å². The van der Waals surface area contributed by atoms with Crippen molar-refractivity contribution in [2.24, 2.45) is 5.92 Å². The van der Waals surface area contributed by atoms with Crippen LogP contribution >= 0.6 is 0 Å². The van der Waals surface area contributed by atoms with E-state index in [1.165, 1.54) is 38.6 Å². The van der Waals surface area contributed by atoms with Crippen molar-refractivity contribution < 1.29 is 4.74 Å². The molecule has 1 aromatic rings. The van der Waals surface area contributed by atoms with Crippen LogP contribution in [-0.4, -0.2) is 41.4 Å². The third-order valence-electron chi connectivity index (χ3n) is 4.25. The van der Waals surface area contributed by atoms with E-state index in [1.54, 1.807) is 0 Å². The summed E-state index contributed by atoms with van der Waals surface area (Å²) in [7, 11) is 2.18. The van der Waals surface area contributed by atoms with Crippen LogP contribution in [0.1, 0.15) is 38.1 Å². The topological polar surface area (TPSA) is 30.3 Å². The van der Waals surface area contributed by atoms with E-state index in [-0.39, 0.29) is 0 Å². The molecule has 1 unspecified atom stereocenters. The summed E-state index contributed by atoms with van der Waals surface area (Å²) in [6, 6.07) is 0.611. The molecule has 1 aromatic heterocycles. The van der Waals surface area contributed by atoms with Crippen molar-refractivity contribution >= 4 is 0 Å². The van der Waals surface area contributed by atoms with Gasteiger partial charge in [0, 0.05) is 12.5 Å². The summed E-state index contributed by atoms with van der Waals surface area (Å²) in [5, 5.41) is 4.44. The zero-order valence-electron chi connectivity index (χ0n) is 11.2. The van der Waals surface area contributed by atoms with Gasteiger partial charge < -0.3 is 9.64 Å². The van der Waals surface area contributed by atoms with E-state index >= 15 is 0 Å². The number of hydrogen-bond acceptors (Lipinski definition) is 3. The molecule has 1 atom stereocenters. The molecule has 0 radical (unpaired) electrons. The summed E-state index contributed by atoms with van der Waals surface area (Å²) in [5.74, 6) is 1.63. The van der Waals surface area contributed by atoms with Crippen LogP contribution in [0.4, 0.5) is 0 Å². The van der Waals surface area contributed by atoms with Gasteiger partial charge in [0.05, 0.1) is 25.0 Å². The maximum Gasteiger partial charge on any atom is 0.157 e. The van der Waals surface area contributed by atoms with Crippen molar-refractivity contribution in [3.05, 3.63) is 12.4 Å². The minimum absolute atomic E-state index is 0.611. The van der Waals surface area contributed by atoms with Gasteiger partial charge in [-0.1, -0.05) is 12.8 Å². The second-order valence-electron chi connectivity index (χ2n) is 5.82. The number of ether oxygens (including phenoxy) is 1. The average molecular weight is 249 g/mol. The Labute approximate surface area is 109 Å². The quantitative estimate of drug-likeness (QED) is 0.820. The van der Waals surface area contributed by atoms with Gasteiger partial charge >= 0.3 is 0 Å². The Morgan fingerprint density at radius 3 is 2.89 bits per heavy atom. The molecule has 0 aromatic carbocycles. The molecule has 1 saturated heterocycles. The minimum atomic E-state index is 0.611. The van der Waals surface area contributed by atoms with E-state index in [9.17, 15) is 0 Å². The van der Waals surface area contributed by atoms with Crippen molar-refractivity contribution in [3.63, 3.8) is 0 Å². The Kier molecular flexibility index (Phi) is 3.55. The normalized spacial score (nSPS) is 25.9. The molecule has 4 nitrogen and oxygen atoms in total. The van der Waals surface area contributed by atoms with Crippen molar-refractivity contribution in [2.45, 2.75) is 38.1 Å². The smallest absolute Gasteiger partial charge is 0.157 e. The first-order chi connectivity index (χ1) is 8.81.